The molecule has 2 unspecified atom stereocenters. The monoisotopic (exact) mass is 1120 g/mol. The van der Waals surface area contributed by atoms with E-state index in [0.29, 0.717) is 19.4 Å². The summed E-state index contributed by atoms with van der Waals surface area (Å²) in [5.74, 6) is -0.0615. The van der Waals surface area contributed by atoms with Gasteiger partial charge in [-0.2, -0.15) is 0 Å². The van der Waals surface area contributed by atoms with Crippen molar-refractivity contribution in [2.24, 2.45) is 0 Å². The zero-order valence-corrected chi connectivity index (χ0v) is 54.1. The Morgan fingerprint density at radius 2 is 0.588 bits per heavy atom. The zero-order chi connectivity index (χ0) is 57.8. The number of nitrogens with one attached hydrogen (secondary N) is 1. The van der Waals surface area contributed by atoms with Gasteiger partial charge in [0.15, 0.2) is 0 Å². The van der Waals surface area contributed by atoms with Gasteiger partial charge < -0.3 is 20.3 Å². The molecular weight excluding hydrogens is 983 g/mol. The molecule has 0 aliphatic carbocycles. The molecule has 0 aliphatic rings. The Balaban J connectivity index is 3.43. The predicted octanol–water partition coefficient (Wildman–Crippen LogP) is 23.5. The number of esters is 1. The van der Waals surface area contributed by atoms with Crippen molar-refractivity contribution in [2.75, 3.05) is 13.2 Å². The number of rotatable bonds is 68. The fourth-order valence-corrected chi connectivity index (χ4v) is 11.3. The van der Waals surface area contributed by atoms with E-state index in [1.165, 1.54) is 327 Å². The summed E-state index contributed by atoms with van der Waals surface area (Å²) in [4.78, 5) is 24.6. The SMILES string of the molecule is CCCCCCCC/C=C\CCCCCCCC(=O)OCCCCCCCCCCCCCC/C=C\CCCCCCCCCCCC(=O)NC(CO)C(O)/C=C/CCCCCCCCCCCCCCCCCCCCCCC. The number of hydrogen-bond donors (Lipinski definition) is 3. The standard InChI is InChI=1S/C74H141NO5/c1-3-5-7-9-11-13-15-17-19-20-21-22-26-29-32-35-39-42-46-50-54-58-62-66-72(77)71(70-76)75-73(78)67-63-59-55-51-47-43-40-36-33-30-27-24-23-25-28-31-34-37-41-45-49-53-57-61-65-69-80-74(79)68-64-60-56-52-48-44-38-18-16-14-12-10-8-6-4-2/h18,24,27,38,62,66,71-72,76-77H,3-17,19-23,25-26,28-37,39-61,63-65,67-70H2,1-2H3,(H,75,78)/b27-24-,38-18-,66-62+. The van der Waals surface area contributed by atoms with Crippen LogP contribution in [0.1, 0.15) is 399 Å². The van der Waals surface area contributed by atoms with Gasteiger partial charge in [0.05, 0.1) is 25.4 Å². The van der Waals surface area contributed by atoms with E-state index in [2.05, 4.69) is 43.5 Å². The van der Waals surface area contributed by atoms with Gasteiger partial charge in [-0.15, -0.1) is 0 Å². The molecule has 0 aliphatic heterocycles. The lowest BCUT2D eigenvalue weighted by molar-refractivity contribution is -0.143. The van der Waals surface area contributed by atoms with Crippen LogP contribution in [0.25, 0.3) is 0 Å². The van der Waals surface area contributed by atoms with Crippen LogP contribution < -0.4 is 5.32 Å². The molecule has 80 heavy (non-hydrogen) atoms. The second kappa shape index (κ2) is 69.6. The summed E-state index contributed by atoms with van der Waals surface area (Å²) in [6.45, 7) is 4.93. The number of unbranched alkanes of at least 4 members (excludes halogenated alkanes) is 53. The Kier molecular flexibility index (Phi) is 67.9. The second-order valence-electron chi connectivity index (χ2n) is 24.9. The van der Waals surface area contributed by atoms with Crippen LogP contribution in [0, 0.1) is 0 Å². The van der Waals surface area contributed by atoms with E-state index >= 15 is 0 Å². The van der Waals surface area contributed by atoms with Gasteiger partial charge in [0.2, 0.25) is 5.91 Å². The van der Waals surface area contributed by atoms with Crippen LogP contribution in [0.5, 0.6) is 0 Å². The molecule has 2 atom stereocenters. The average molecular weight is 1120 g/mol. The lowest BCUT2D eigenvalue weighted by atomic mass is 10.0. The third kappa shape index (κ3) is 65.2. The average Bonchev–Trinajstić information content (AvgIpc) is 3.46. The maximum Gasteiger partial charge on any atom is 0.305 e. The number of aliphatic hydroxyl groups is 2. The van der Waals surface area contributed by atoms with Gasteiger partial charge in [0, 0.05) is 12.8 Å². The van der Waals surface area contributed by atoms with E-state index in [0.717, 1.165) is 44.9 Å². The van der Waals surface area contributed by atoms with Crippen molar-refractivity contribution in [3.05, 3.63) is 36.5 Å². The van der Waals surface area contributed by atoms with Crippen LogP contribution >= 0.6 is 0 Å². The van der Waals surface area contributed by atoms with Crippen LogP contribution in [0.4, 0.5) is 0 Å². The topological polar surface area (TPSA) is 95.9 Å². The van der Waals surface area contributed by atoms with Crippen molar-refractivity contribution in [3.63, 3.8) is 0 Å². The zero-order valence-electron chi connectivity index (χ0n) is 54.1. The number of amides is 1. The van der Waals surface area contributed by atoms with Crippen molar-refractivity contribution in [3.8, 4) is 0 Å². The summed E-state index contributed by atoms with van der Waals surface area (Å²) in [5, 5.41) is 23.3. The van der Waals surface area contributed by atoms with E-state index in [4.69, 9.17) is 4.74 Å². The normalized spacial score (nSPS) is 12.7. The Hall–Kier alpha value is -1.92. The van der Waals surface area contributed by atoms with E-state index in [-0.39, 0.29) is 18.5 Å². The van der Waals surface area contributed by atoms with Crippen molar-refractivity contribution in [2.45, 2.75) is 411 Å². The number of carbonyl (C=O) groups is 2. The largest absolute Gasteiger partial charge is 0.466 e. The first-order chi connectivity index (χ1) is 39.5. The van der Waals surface area contributed by atoms with Crippen molar-refractivity contribution >= 4 is 11.9 Å². The molecule has 0 saturated heterocycles. The molecule has 6 nitrogen and oxygen atoms in total. The molecule has 0 saturated carbocycles. The van der Waals surface area contributed by atoms with Crippen molar-refractivity contribution in [1.82, 2.24) is 5.32 Å². The molecule has 0 heterocycles. The van der Waals surface area contributed by atoms with Crippen LogP contribution in [0.15, 0.2) is 36.5 Å². The lowest BCUT2D eigenvalue weighted by Crippen LogP contribution is -2.45. The molecular formula is C74H141NO5. The molecule has 0 rings (SSSR count). The first-order valence-corrected chi connectivity index (χ1v) is 36.3. The fraction of sp³-hybridized carbons (Fsp3) is 0.892. The van der Waals surface area contributed by atoms with Gasteiger partial charge in [-0.3, -0.25) is 9.59 Å². The molecule has 1 amide bonds. The quantitative estimate of drug-likeness (QED) is 0.0320. The van der Waals surface area contributed by atoms with Crippen LogP contribution in [-0.4, -0.2) is 47.4 Å². The molecule has 0 aromatic rings. The van der Waals surface area contributed by atoms with E-state index in [1.54, 1.807) is 6.08 Å². The second-order valence-corrected chi connectivity index (χ2v) is 24.9. The number of ether oxygens (including phenoxy) is 1. The summed E-state index contributed by atoms with van der Waals surface area (Å²) in [6.07, 6.45) is 89.4. The molecule has 0 fully saturated rings. The molecule has 0 aromatic heterocycles. The maximum atomic E-state index is 12.5. The third-order valence-corrected chi connectivity index (χ3v) is 16.9. The molecule has 472 valence electrons. The summed E-state index contributed by atoms with van der Waals surface area (Å²) in [5.41, 5.74) is 0. The fourth-order valence-electron chi connectivity index (χ4n) is 11.3. The molecule has 0 spiro atoms. The summed E-state index contributed by atoms with van der Waals surface area (Å²) >= 11 is 0. The number of allylic oxidation sites excluding steroid dienone is 5. The highest BCUT2D eigenvalue weighted by Crippen LogP contribution is 2.18. The summed E-state index contributed by atoms with van der Waals surface area (Å²) < 4.78 is 5.49. The van der Waals surface area contributed by atoms with Gasteiger partial charge in [-0.25, -0.2) is 0 Å². The maximum absolute atomic E-state index is 12.5. The van der Waals surface area contributed by atoms with Crippen molar-refractivity contribution < 1.29 is 24.5 Å². The highest BCUT2D eigenvalue weighted by molar-refractivity contribution is 5.76. The van der Waals surface area contributed by atoms with Gasteiger partial charge in [-0.05, 0) is 83.5 Å². The minimum atomic E-state index is -0.848. The Morgan fingerprint density at radius 1 is 0.338 bits per heavy atom. The molecule has 0 radical (unpaired) electrons. The summed E-state index contributed by atoms with van der Waals surface area (Å²) in [6, 6.07) is -0.632. The predicted molar refractivity (Wildman–Crippen MR) is 352 cm³/mol. The minimum absolute atomic E-state index is 0.00567. The van der Waals surface area contributed by atoms with Gasteiger partial charge in [0.1, 0.15) is 0 Å². The highest BCUT2D eigenvalue weighted by Gasteiger charge is 2.18. The number of hydrogen-bond acceptors (Lipinski definition) is 5. The highest BCUT2D eigenvalue weighted by atomic mass is 16.5. The van der Waals surface area contributed by atoms with Gasteiger partial charge >= 0.3 is 5.97 Å². The van der Waals surface area contributed by atoms with Gasteiger partial charge in [-0.1, -0.05) is 339 Å². The first kappa shape index (κ1) is 78.1. The Bertz CT molecular complexity index is 1300. The van der Waals surface area contributed by atoms with Gasteiger partial charge in [0.25, 0.3) is 0 Å². The Morgan fingerprint density at radius 3 is 0.887 bits per heavy atom. The molecule has 0 bridgehead atoms. The van der Waals surface area contributed by atoms with Crippen molar-refractivity contribution in [1.29, 1.82) is 0 Å². The van der Waals surface area contributed by atoms with Crippen LogP contribution in [0.3, 0.4) is 0 Å². The first-order valence-electron chi connectivity index (χ1n) is 36.3. The van der Waals surface area contributed by atoms with Crippen LogP contribution in [-0.2, 0) is 14.3 Å². The number of aliphatic hydroxyl groups excluding tert-OH is 2. The third-order valence-electron chi connectivity index (χ3n) is 16.9. The summed E-state index contributed by atoms with van der Waals surface area (Å²) in [7, 11) is 0. The lowest BCUT2D eigenvalue weighted by Gasteiger charge is -2.20. The van der Waals surface area contributed by atoms with E-state index < -0.39 is 12.1 Å². The van der Waals surface area contributed by atoms with E-state index in [1.807, 2.05) is 6.08 Å². The minimum Gasteiger partial charge on any atom is -0.466 e. The van der Waals surface area contributed by atoms with E-state index in [9.17, 15) is 19.8 Å². The Labute approximate surface area is 500 Å². The molecule has 0 aromatic carbocycles. The van der Waals surface area contributed by atoms with Crippen LogP contribution in [0.2, 0.25) is 0 Å². The molecule has 3 N–H and O–H groups in total. The smallest absolute Gasteiger partial charge is 0.305 e. The molecule has 6 heteroatoms. The number of carbonyl (C=O) groups excluding carboxylic acids is 2.